The van der Waals surface area contributed by atoms with Gasteiger partial charge >= 0.3 is 0 Å². The number of rotatable bonds is 2. The van der Waals surface area contributed by atoms with Crippen molar-refractivity contribution in [3.05, 3.63) is 34.9 Å². The minimum atomic E-state index is -0.750. The van der Waals surface area contributed by atoms with Gasteiger partial charge in [0.2, 0.25) is 0 Å². The molecule has 1 saturated heterocycles. The first kappa shape index (κ1) is 17.3. The van der Waals surface area contributed by atoms with E-state index in [2.05, 4.69) is 0 Å². The van der Waals surface area contributed by atoms with Crippen molar-refractivity contribution < 1.29 is 9.59 Å². The second-order valence-electron chi connectivity index (χ2n) is 9.87. The molecule has 1 aromatic rings. The monoisotopic (exact) mass is 366 g/mol. The molecule has 144 valence electrons. The summed E-state index contributed by atoms with van der Waals surface area (Å²) in [5.41, 5.74) is 2.10. The van der Waals surface area contributed by atoms with Gasteiger partial charge in [-0.3, -0.25) is 9.59 Å². The summed E-state index contributed by atoms with van der Waals surface area (Å²) in [6.07, 6.45) is 6.19. The van der Waals surface area contributed by atoms with Crippen molar-refractivity contribution in [3.63, 3.8) is 0 Å². The predicted octanol–water partition coefficient (Wildman–Crippen LogP) is 4.11. The largest absolute Gasteiger partial charge is 0.273 e. The molecule has 4 heteroatoms. The lowest BCUT2D eigenvalue weighted by molar-refractivity contribution is -0.213. The van der Waals surface area contributed by atoms with Crippen LogP contribution in [0.1, 0.15) is 67.4 Å². The average molecular weight is 367 g/mol. The zero-order chi connectivity index (χ0) is 19.1. The van der Waals surface area contributed by atoms with Crippen molar-refractivity contribution in [2.24, 2.45) is 23.7 Å². The highest BCUT2D eigenvalue weighted by atomic mass is 16.2. The maximum absolute atomic E-state index is 13.5. The molecule has 4 nitrogen and oxygen atoms in total. The summed E-state index contributed by atoms with van der Waals surface area (Å²) in [5.74, 6) is 3.32. The molecule has 4 fully saturated rings. The molecule has 4 aliphatic rings. The van der Waals surface area contributed by atoms with Gasteiger partial charge in [0.25, 0.3) is 11.8 Å². The minimum absolute atomic E-state index is 0.0234. The van der Waals surface area contributed by atoms with Crippen LogP contribution < -0.4 is 0 Å². The Balaban J connectivity index is 1.48. The van der Waals surface area contributed by atoms with Gasteiger partial charge in [-0.15, -0.1) is 0 Å². The van der Waals surface area contributed by atoms with Crippen LogP contribution >= 0.6 is 0 Å². The van der Waals surface area contributed by atoms with E-state index in [-0.39, 0.29) is 17.9 Å². The van der Waals surface area contributed by atoms with Crippen molar-refractivity contribution >= 4 is 11.8 Å². The third kappa shape index (κ3) is 2.22. The highest BCUT2D eigenvalue weighted by Crippen LogP contribution is 2.59. The van der Waals surface area contributed by atoms with Crippen LogP contribution in [-0.4, -0.2) is 33.4 Å². The van der Waals surface area contributed by atoms with Crippen molar-refractivity contribution in [2.45, 2.75) is 71.4 Å². The first-order valence-corrected chi connectivity index (χ1v) is 10.5. The van der Waals surface area contributed by atoms with Gasteiger partial charge in [-0.1, -0.05) is 12.1 Å². The fourth-order valence-corrected chi connectivity index (χ4v) is 6.44. The van der Waals surface area contributed by atoms with Gasteiger partial charge in [0.05, 0.1) is 6.04 Å². The van der Waals surface area contributed by atoms with Gasteiger partial charge in [-0.2, -0.15) is 0 Å². The lowest BCUT2D eigenvalue weighted by Gasteiger charge is -2.59. The lowest BCUT2D eigenvalue weighted by Crippen LogP contribution is -2.79. The third-order valence-electron chi connectivity index (χ3n) is 8.19. The van der Waals surface area contributed by atoms with Gasteiger partial charge in [-0.05, 0) is 101 Å². The smallest absolute Gasteiger partial charge is 0.270 e. The Morgan fingerprint density at radius 3 is 2.56 bits per heavy atom. The highest BCUT2D eigenvalue weighted by molar-refractivity contribution is 6.05. The van der Waals surface area contributed by atoms with E-state index >= 15 is 0 Å². The molecule has 5 unspecified atom stereocenters. The Morgan fingerprint density at radius 2 is 1.78 bits per heavy atom. The number of carbonyl (C=O) groups is 2. The van der Waals surface area contributed by atoms with E-state index in [0.29, 0.717) is 5.92 Å². The van der Waals surface area contributed by atoms with Gasteiger partial charge < -0.3 is 0 Å². The quantitative estimate of drug-likeness (QED) is 0.790. The van der Waals surface area contributed by atoms with E-state index in [1.54, 1.807) is 5.01 Å². The van der Waals surface area contributed by atoms with Crippen LogP contribution in [0.3, 0.4) is 0 Å². The van der Waals surface area contributed by atoms with Gasteiger partial charge in [0, 0.05) is 5.56 Å². The van der Waals surface area contributed by atoms with E-state index in [1.807, 2.05) is 50.9 Å². The number of benzene rings is 1. The molecule has 2 bridgehead atoms. The molecule has 0 N–H and O–H groups in total. The number of hydrazine groups is 1. The Kier molecular flexibility index (Phi) is 3.57. The zero-order valence-electron chi connectivity index (χ0n) is 16.9. The van der Waals surface area contributed by atoms with Gasteiger partial charge in [0.1, 0.15) is 5.54 Å². The number of aryl methyl sites for hydroxylation is 1. The summed E-state index contributed by atoms with van der Waals surface area (Å²) in [7, 11) is 0. The summed E-state index contributed by atoms with van der Waals surface area (Å²) in [5, 5.41) is 3.65. The number of hydrogen-bond acceptors (Lipinski definition) is 2. The number of carbonyl (C=O) groups excluding carboxylic acids is 2. The Morgan fingerprint density at radius 1 is 1.04 bits per heavy atom. The van der Waals surface area contributed by atoms with Crippen LogP contribution in [0.25, 0.3) is 0 Å². The molecular formula is C23H30N2O2. The van der Waals surface area contributed by atoms with E-state index in [1.165, 1.54) is 25.7 Å². The van der Waals surface area contributed by atoms with Crippen LogP contribution in [0.15, 0.2) is 18.2 Å². The molecular weight excluding hydrogens is 336 g/mol. The fourth-order valence-electron chi connectivity index (χ4n) is 6.44. The summed E-state index contributed by atoms with van der Waals surface area (Å²) in [6, 6.07) is 6.08. The van der Waals surface area contributed by atoms with E-state index in [0.717, 1.165) is 40.9 Å². The normalized spacial score (nSPS) is 36.1. The number of hydrogen-bond donors (Lipinski definition) is 0. The molecule has 2 amide bonds. The van der Waals surface area contributed by atoms with Crippen molar-refractivity contribution in [1.29, 1.82) is 0 Å². The van der Waals surface area contributed by atoms with Crippen LogP contribution in [-0.2, 0) is 4.79 Å². The average Bonchev–Trinajstić information content (AvgIpc) is 2.86. The second kappa shape index (κ2) is 5.59. The summed E-state index contributed by atoms with van der Waals surface area (Å²) < 4.78 is 0. The van der Waals surface area contributed by atoms with Crippen molar-refractivity contribution in [3.8, 4) is 0 Å². The summed E-state index contributed by atoms with van der Waals surface area (Å²) in [6.45, 7) is 7.82. The molecule has 1 aliphatic heterocycles. The second-order valence-corrected chi connectivity index (χ2v) is 9.87. The van der Waals surface area contributed by atoms with E-state index in [9.17, 15) is 9.59 Å². The lowest BCUT2D eigenvalue weighted by atomic mass is 9.64. The van der Waals surface area contributed by atoms with Crippen LogP contribution in [0, 0.1) is 37.5 Å². The Labute approximate surface area is 161 Å². The maximum atomic E-state index is 13.5. The molecule has 1 heterocycles. The standard InChI is InChI=1S/C23H30N2O2/c1-13-6-5-7-18(14(13)2)21(26)25-23(3,4)22(27)24(25)20-9-8-15-10-16-11-17(20)12-19(15)16/h5-7,15-17,19-20H,8-12H2,1-4H3. The van der Waals surface area contributed by atoms with Crippen LogP contribution in [0.2, 0.25) is 0 Å². The molecule has 0 aromatic heterocycles. The molecule has 3 saturated carbocycles. The molecule has 0 radical (unpaired) electrons. The number of amides is 2. The van der Waals surface area contributed by atoms with Crippen molar-refractivity contribution in [1.82, 2.24) is 10.0 Å². The fraction of sp³-hybridized carbons (Fsp3) is 0.652. The van der Waals surface area contributed by atoms with Crippen LogP contribution in [0.4, 0.5) is 0 Å². The first-order valence-electron chi connectivity index (χ1n) is 10.5. The molecule has 5 rings (SSSR count). The minimum Gasteiger partial charge on any atom is -0.270 e. The van der Waals surface area contributed by atoms with Crippen LogP contribution in [0.5, 0.6) is 0 Å². The van der Waals surface area contributed by atoms with Gasteiger partial charge in [-0.25, -0.2) is 10.0 Å². The molecule has 27 heavy (non-hydrogen) atoms. The van der Waals surface area contributed by atoms with Crippen molar-refractivity contribution in [2.75, 3.05) is 0 Å². The zero-order valence-corrected chi connectivity index (χ0v) is 16.9. The predicted molar refractivity (Wildman–Crippen MR) is 104 cm³/mol. The maximum Gasteiger partial charge on any atom is 0.273 e. The molecule has 1 aromatic carbocycles. The Bertz CT molecular complexity index is 830. The molecule has 0 spiro atoms. The topological polar surface area (TPSA) is 40.6 Å². The SMILES string of the molecule is Cc1cccc(C(=O)N2N(C3CCC4CC5CC3CC45)C(=O)C2(C)C)c1C. The number of fused-ring (bicyclic) bond motifs is 1. The Hall–Kier alpha value is -1.84. The van der Waals surface area contributed by atoms with E-state index < -0.39 is 5.54 Å². The van der Waals surface area contributed by atoms with Gasteiger partial charge in [0.15, 0.2) is 0 Å². The molecule has 3 aliphatic carbocycles. The first-order chi connectivity index (χ1) is 12.8. The summed E-state index contributed by atoms with van der Waals surface area (Å²) >= 11 is 0. The third-order valence-corrected chi connectivity index (χ3v) is 8.19. The number of nitrogens with zero attached hydrogens (tertiary/aromatic N) is 2. The highest BCUT2D eigenvalue weighted by Gasteiger charge is 2.61. The van der Waals surface area contributed by atoms with E-state index in [4.69, 9.17) is 0 Å². The molecule has 5 atom stereocenters. The summed E-state index contributed by atoms with van der Waals surface area (Å²) in [4.78, 5) is 26.6.